The molecule has 29 heavy (non-hydrogen) atoms. The van der Waals surface area contributed by atoms with Crippen LogP contribution in [0.5, 0.6) is 0 Å². The molecule has 0 bridgehead atoms. The van der Waals surface area contributed by atoms with E-state index >= 15 is 0 Å². The maximum atomic E-state index is 12.5. The van der Waals surface area contributed by atoms with E-state index in [1.54, 1.807) is 24.6 Å². The van der Waals surface area contributed by atoms with Gasteiger partial charge >= 0.3 is 0 Å². The van der Waals surface area contributed by atoms with Gasteiger partial charge in [-0.1, -0.05) is 0 Å². The predicted molar refractivity (Wildman–Crippen MR) is 109 cm³/mol. The number of rotatable bonds is 7. The second kappa shape index (κ2) is 8.39. The van der Waals surface area contributed by atoms with E-state index in [1.807, 2.05) is 19.2 Å². The molecule has 0 saturated carbocycles. The van der Waals surface area contributed by atoms with Crippen molar-refractivity contribution in [1.82, 2.24) is 19.7 Å². The molecule has 0 aliphatic rings. The van der Waals surface area contributed by atoms with Crippen LogP contribution in [0.3, 0.4) is 0 Å². The summed E-state index contributed by atoms with van der Waals surface area (Å²) in [7, 11) is -3.84. The van der Waals surface area contributed by atoms with Crippen molar-refractivity contribution in [3.63, 3.8) is 0 Å². The normalized spacial score (nSPS) is 11.3. The van der Waals surface area contributed by atoms with Gasteiger partial charge in [0.25, 0.3) is 10.0 Å². The summed E-state index contributed by atoms with van der Waals surface area (Å²) in [5.41, 5.74) is 2.73. The molecule has 0 radical (unpaired) electrons. The van der Waals surface area contributed by atoms with Gasteiger partial charge < -0.3 is 5.32 Å². The molecule has 2 heterocycles. The van der Waals surface area contributed by atoms with Crippen LogP contribution in [0.2, 0.25) is 0 Å². The highest BCUT2D eigenvalue weighted by molar-refractivity contribution is 7.92. The average Bonchev–Trinajstić information content (AvgIpc) is 3.04. The van der Waals surface area contributed by atoms with Crippen LogP contribution in [0, 0.1) is 20.8 Å². The first-order valence-electron chi connectivity index (χ1n) is 8.96. The van der Waals surface area contributed by atoms with Crippen molar-refractivity contribution in [2.75, 3.05) is 10.0 Å². The van der Waals surface area contributed by atoms with Gasteiger partial charge in [0.05, 0.1) is 10.6 Å². The Morgan fingerprint density at radius 1 is 1.00 bits per heavy atom. The summed E-state index contributed by atoms with van der Waals surface area (Å²) in [6.07, 6.45) is 2.07. The van der Waals surface area contributed by atoms with Crippen molar-refractivity contribution in [3.8, 4) is 0 Å². The van der Waals surface area contributed by atoms with Crippen LogP contribution in [-0.2, 0) is 21.4 Å². The lowest BCUT2D eigenvalue weighted by molar-refractivity contribution is -0.116. The van der Waals surface area contributed by atoms with E-state index in [-0.39, 0.29) is 23.2 Å². The maximum absolute atomic E-state index is 12.5. The molecule has 0 spiro atoms. The zero-order chi connectivity index (χ0) is 21.0. The number of aryl methyl sites for hydroxylation is 4. The number of sulfonamides is 1. The molecular formula is C19H22N6O3S. The Hall–Kier alpha value is -3.27. The monoisotopic (exact) mass is 414 g/mol. The molecule has 0 fully saturated rings. The van der Waals surface area contributed by atoms with Gasteiger partial charge in [0.15, 0.2) is 0 Å². The first-order valence-corrected chi connectivity index (χ1v) is 10.4. The molecule has 0 unspecified atom stereocenters. The van der Waals surface area contributed by atoms with Gasteiger partial charge in [-0.2, -0.15) is 5.10 Å². The maximum Gasteiger partial charge on any atom is 0.264 e. The predicted octanol–water partition coefficient (Wildman–Crippen LogP) is 2.43. The van der Waals surface area contributed by atoms with E-state index in [4.69, 9.17) is 0 Å². The van der Waals surface area contributed by atoms with Crippen molar-refractivity contribution < 1.29 is 13.2 Å². The van der Waals surface area contributed by atoms with E-state index in [9.17, 15) is 13.2 Å². The van der Waals surface area contributed by atoms with Crippen LogP contribution in [0.15, 0.2) is 47.5 Å². The van der Waals surface area contributed by atoms with Crippen LogP contribution >= 0.6 is 0 Å². The molecule has 2 aromatic heterocycles. The van der Waals surface area contributed by atoms with Crippen LogP contribution < -0.4 is 10.0 Å². The number of anilines is 2. The SMILES string of the molecule is Cc1cc(C)nc(NS(=O)(=O)c2ccc(NC(=O)CCn3ccc(C)n3)cc2)n1. The average molecular weight is 414 g/mol. The lowest BCUT2D eigenvalue weighted by atomic mass is 10.3. The molecule has 10 heteroatoms. The molecule has 152 valence electrons. The molecule has 0 aliphatic carbocycles. The Kier molecular flexibility index (Phi) is 5.92. The highest BCUT2D eigenvalue weighted by atomic mass is 32.2. The number of nitrogens with one attached hydrogen (secondary N) is 2. The number of carbonyl (C=O) groups is 1. The standard InChI is InChI=1S/C19H22N6O3S/c1-13-8-10-25(23-13)11-9-18(26)22-16-4-6-17(7-5-16)29(27,28)24-19-20-14(2)12-15(3)21-19/h4-8,10,12H,9,11H2,1-3H3,(H,22,26)(H,20,21,24). The van der Waals surface area contributed by atoms with Gasteiger partial charge in [-0.05, 0) is 57.2 Å². The lowest BCUT2D eigenvalue weighted by Crippen LogP contribution is -2.16. The highest BCUT2D eigenvalue weighted by Gasteiger charge is 2.16. The zero-order valence-electron chi connectivity index (χ0n) is 16.4. The van der Waals surface area contributed by atoms with Gasteiger partial charge in [-0.3, -0.25) is 9.48 Å². The fraction of sp³-hybridized carbons (Fsp3) is 0.263. The summed E-state index contributed by atoms with van der Waals surface area (Å²) in [4.78, 5) is 20.3. The first-order chi connectivity index (χ1) is 13.7. The Morgan fingerprint density at radius 3 is 2.24 bits per heavy atom. The molecule has 1 amide bonds. The number of hydrogen-bond donors (Lipinski definition) is 2. The van der Waals surface area contributed by atoms with E-state index < -0.39 is 10.0 Å². The Bertz CT molecular complexity index is 1100. The van der Waals surface area contributed by atoms with Crippen molar-refractivity contribution in [3.05, 3.63) is 59.7 Å². The molecule has 0 atom stereocenters. The molecule has 2 N–H and O–H groups in total. The van der Waals surface area contributed by atoms with Gasteiger partial charge in [0.2, 0.25) is 11.9 Å². The van der Waals surface area contributed by atoms with E-state index in [1.165, 1.54) is 24.3 Å². The van der Waals surface area contributed by atoms with Gasteiger partial charge in [0.1, 0.15) is 0 Å². The van der Waals surface area contributed by atoms with Crippen LogP contribution in [0.4, 0.5) is 11.6 Å². The van der Waals surface area contributed by atoms with Gasteiger partial charge in [0, 0.05) is 36.2 Å². The summed E-state index contributed by atoms with van der Waals surface area (Å²) < 4.78 is 29.1. The minimum absolute atomic E-state index is 0.0220. The molecular weight excluding hydrogens is 392 g/mol. The number of benzene rings is 1. The third-order valence-electron chi connectivity index (χ3n) is 4.00. The second-order valence-electron chi connectivity index (χ2n) is 6.62. The van der Waals surface area contributed by atoms with Crippen LogP contribution in [-0.4, -0.2) is 34.1 Å². The summed E-state index contributed by atoms with van der Waals surface area (Å²) in [6.45, 7) is 5.87. The Balaban J connectivity index is 1.61. The molecule has 1 aromatic carbocycles. The van der Waals surface area contributed by atoms with Gasteiger partial charge in [-0.25, -0.2) is 23.1 Å². The number of hydrogen-bond acceptors (Lipinski definition) is 6. The fourth-order valence-corrected chi connectivity index (χ4v) is 3.64. The minimum Gasteiger partial charge on any atom is -0.326 e. The number of nitrogens with zero attached hydrogens (tertiary/aromatic N) is 4. The zero-order valence-corrected chi connectivity index (χ0v) is 17.2. The molecule has 9 nitrogen and oxygen atoms in total. The number of aromatic nitrogens is 4. The Labute approximate surface area is 169 Å². The lowest BCUT2D eigenvalue weighted by Gasteiger charge is -2.09. The van der Waals surface area contributed by atoms with Crippen LogP contribution in [0.25, 0.3) is 0 Å². The van der Waals surface area contributed by atoms with Crippen LogP contribution in [0.1, 0.15) is 23.5 Å². The number of carbonyl (C=O) groups excluding carboxylic acids is 1. The summed E-state index contributed by atoms with van der Waals surface area (Å²) >= 11 is 0. The largest absolute Gasteiger partial charge is 0.326 e. The molecule has 3 rings (SSSR count). The first kappa shape index (κ1) is 20.5. The summed E-state index contributed by atoms with van der Waals surface area (Å²) in [6, 6.07) is 9.52. The second-order valence-corrected chi connectivity index (χ2v) is 8.30. The van der Waals surface area contributed by atoms with Crippen molar-refractivity contribution in [2.24, 2.45) is 0 Å². The van der Waals surface area contributed by atoms with Gasteiger partial charge in [-0.15, -0.1) is 0 Å². The van der Waals surface area contributed by atoms with E-state index in [0.29, 0.717) is 23.6 Å². The third-order valence-corrected chi connectivity index (χ3v) is 5.34. The third kappa shape index (κ3) is 5.61. The Morgan fingerprint density at radius 2 is 1.66 bits per heavy atom. The van der Waals surface area contributed by atoms with Crippen molar-refractivity contribution in [1.29, 1.82) is 0 Å². The highest BCUT2D eigenvalue weighted by Crippen LogP contribution is 2.17. The molecule has 0 saturated heterocycles. The number of amides is 1. The smallest absolute Gasteiger partial charge is 0.264 e. The van der Waals surface area contributed by atoms with Crippen molar-refractivity contribution >= 4 is 27.6 Å². The fourth-order valence-electron chi connectivity index (χ4n) is 2.70. The van der Waals surface area contributed by atoms with E-state index in [2.05, 4.69) is 25.1 Å². The summed E-state index contributed by atoms with van der Waals surface area (Å²) in [5.74, 6) is -0.163. The summed E-state index contributed by atoms with van der Waals surface area (Å²) in [5, 5.41) is 6.97. The quantitative estimate of drug-likeness (QED) is 0.613. The molecule has 3 aromatic rings. The minimum atomic E-state index is -3.84. The van der Waals surface area contributed by atoms with E-state index in [0.717, 1.165) is 5.69 Å². The topological polar surface area (TPSA) is 119 Å². The molecule has 0 aliphatic heterocycles. The van der Waals surface area contributed by atoms with Crippen molar-refractivity contribution in [2.45, 2.75) is 38.6 Å².